The van der Waals surface area contributed by atoms with Crippen LogP contribution >= 0.6 is 0 Å². The van der Waals surface area contributed by atoms with Crippen LogP contribution in [-0.4, -0.2) is 24.3 Å². The van der Waals surface area contributed by atoms with Crippen molar-refractivity contribution in [2.75, 3.05) is 13.1 Å². The van der Waals surface area contributed by atoms with Crippen molar-refractivity contribution in [2.45, 2.75) is 46.5 Å². The Morgan fingerprint density at radius 2 is 1.87 bits per heavy atom. The molecule has 0 radical (unpaired) electrons. The maximum atomic E-state index is 11.0. The summed E-state index contributed by atoms with van der Waals surface area (Å²) in [6, 6.07) is 0. The lowest BCUT2D eigenvalue weighted by Gasteiger charge is -2.34. The molecule has 1 heterocycles. The zero-order chi connectivity index (χ0) is 11.3. The van der Waals surface area contributed by atoms with Gasteiger partial charge in [-0.25, -0.2) is 0 Å². The predicted octanol–water partition coefficient (Wildman–Crippen LogP) is 2.99. The first-order valence-electron chi connectivity index (χ1n) is 6.13. The van der Waals surface area contributed by atoms with E-state index in [1.54, 1.807) is 0 Å². The molecule has 0 saturated carbocycles. The van der Waals surface area contributed by atoms with Crippen molar-refractivity contribution in [3.63, 3.8) is 0 Å². The second-order valence-corrected chi connectivity index (χ2v) is 4.58. The van der Waals surface area contributed by atoms with E-state index in [-0.39, 0.29) is 0 Å². The van der Waals surface area contributed by atoms with Crippen LogP contribution in [0.15, 0.2) is 11.3 Å². The number of aldehydes is 1. The molecule has 0 aromatic carbocycles. The third kappa shape index (κ3) is 3.08. The molecule has 1 aliphatic rings. The first kappa shape index (κ1) is 12.3. The van der Waals surface area contributed by atoms with E-state index < -0.39 is 0 Å². The highest BCUT2D eigenvalue weighted by Gasteiger charge is 2.18. The van der Waals surface area contributed by atoms with Gasteiger partial charge in [-0.1, -0.05) is 20.8 Å². The van der Waals surface area contributed by atoms with Crippen molar-refractivity contribution < 1.29 is 4.79 Å². The summed E-state index contributed by atoms with van der Waals surface area (Å²) in [6.07, 6.45) is 5.78. The minimum atomic E-state index is 0.461. The molecule has 0 atom stereocenters. The van der Waals surface area contributed by atoms with Crippen LogP contribution in [0, 0.1) is 5.92 Å². The largest absolute Gasteiger partial charge is 0.374 e. The Morgan fingerprint density at radius 1 is 1.27 bits per heavy atom. The SMILES string of the molecule is CC/C(C=O)=C(/C(C)C)N1CCCCC1. The molecule has 1 rings (SSSR count). The minimum absolute atomic E-state index is 0.461. The molecular weight excluding hydrogens is 186 g/mol. The Bertz CT molecular complexity index is 237. The van der Waals surface area contributed by atoms with Crippen molar-refractivity contribution in [2.24, 2.45) is 5.92 Å². The number of rotatable bonds is 4. The maximum Gasteiger partial charge on any atom is 0.147 e. The molecule has 0 unspecified atom stereocenters. The molecular formula is C13H23NO. The second kappa shape index (κ2) is 5.94. The minimum Gasteiger partial charge on any atom is -0.374 e. The van der Waals surface area contributed by atoms with Crippen molar-refractivity contribution >= 4 is 6.29 Å². The van der Waals surface area contributed by atoms with Gasteiger partial charge < -0.3 is 4.90 Å². The molecule has 2 heteroatoms. The molecule has 15 heavy (non-hydrogen) atoms. The summed E-state index contributed by atoms with van der Waals surface area (Å²) in [5, 5.41) is 0. The van der Waals surface area contributed by atoms with Crippen LogP contribution in [0.3, 0.4) is 0 Å². The molecule has 86 valence electrons. The third-order valence-corrected chi connectivity index (χ3v) is 3.10. The van der Waals surface area contributed by atoms with Crippen molar-refractivity contribution in [1.29, 1.82) is 0 Å². The number of allylic oxidation sites excluding steroid dienone is 2. The van der Waals surface area contributed by atoms with E-state index >= 15 is 0 Å². The summed E-state index contributed by atoms with van der Waals surface area (Å²) in [6.45, 7) is 8.69. The van der Waals surface area contributed by atoms with E-state index in [0.29, 0.717) is 5.92 Å². The van der Waals surface area contributed by atoms with Crippen LogP contribution < -0.4 is 0 Å². The molecule has 2 nitrogen and oxygen atoms in total. The fourth-order valence-corrected chi connectivity index (χ4v) is 2.40. The van der Waals surface area contributed by atoms with Gasteiger partial charge in [0.25, 0.3) is 0 Å². The molecule has 1 fully saturated rings. The lowest BCUT2D eigenvalue weighted by Crippen LogP contribution is -2.32. The fourth-order valence-electron chi connectivity index (χ4n) is 2.40. The van der Waals surface area contributed by atoms with Gasteiger partial charge in [0, 0.05) is 24.4 Å². The van der Waals surface area contributed by atoms with Gasteiger partial charge in [-0.05, 0) is 31.6 Å². The number of piperidine rings is 1. The lowest BCUT2D eigenvalue weighted by atomic mass is 9.99. The molecule has 0 aliphatic carbocycles. The Morgan fingerprint density at radius 3 is 2.27 bits per heavy atom. The molecule has 0 aromatic heterocycles. The van der Waals surface area contributed by atoms with Crippen LogP contribution in [0.4, 0.5) is 0 Å². The van der Waals surface area contributed by atoms with Gasteiger partial charge in [0.1, 0.15) is 6.29 Å². The second-order valence-electron chi connectivity index (χ2n) is 4.58. The zero-order valence-corrected chi connectivity index (χ0v) is 10.3. The van der Waals surface area contributed by atoms with Gasteiger partial charge in [0.15, 0.2) is 0 Å². The number of likely N-dealkylation sites (tertiary alicyclic amines) is 1. The number of hydrogen-bond acceptors (Lipinski definition) is 2. The smallest absolute Gasteiger partial charge is 0.147 e. The number of carbonyl (C=O) groups excluding carboxylic acids is 1. The Balaban J connectivity index is 2.89. The highest BCUT2D eigenvalue weighted by atomic mass is 16.1. The highest BCUT2D eigenvalue weighted by Crippen LogP contribution is 2.24. The van der Waals surface area contributed by atoms with Gasteiger partial charge >= 0.3 is 0 Å². The van der Waals surface area contributed by atoms with E-state index in [1.165, 1.54) is 25.0 Å². The highest BCUT2D eigenvalue weighted by molar-refractivity contribution is 5.74. The predicted molar refractivity (Wildman–Crippen MR) is 63.6 cm³/mol. The molecule has 0 bridgehead atoms. The van der Waals surface area contributed by atoms with Crippen LogP contribution in [-0.2, 0) is 4.79 Å². The summed E-state index contributed by atoms with van der Waals surface area (Å²) in [5.41, 5.74) is 2.28. The summed E-state index contributed by atoms with van der Waals surface area (Å²) >= 11 is 0. The molecule has 0 amide bonds. The Labute approximate surface area is 93.3 Å². The van der Waals surface area contributed by atoms with Crippen LogP contribution in [0.2, 0.25) is 0 Å². The van der Waals surface area contributed by atoms with Gasteiger partial charge in [0.05, 0.1) is 0 Å². The standard InChI is InChI=1S/C13H23NO/c1-4-12(10-15)13(11(2)3)14-8-6-5-7-9-14/h10-11H,4-9H2,1-3H3/b13-12+. The van der Waals surface area contributed by atoms with Gasteiger partial charge in [0.2, 0.25) is 0 Å². The fraction of sp³-hybridized carbons (Fsp3) is 0.769. The monoisotopic (exact) mass is 209 g/mol. The van der Waals surface area contributed by atoms with E-state index in [4.69, 9.17) is 0 Å². The summed E-state index contributed by atoms with van der Waals surface area (Å²) in [7, 11) is 0. The molecule has 0 spiro atoms. The topological polar surface area (TPSA) is 20.3 Å². The lowest BCUT2D eigenvalue weighted by molar-refractivity contribution is -0.105. The zero-order valence-electron chi connectivity index (χ0n) is 10.3. The Kier molecular flexibility index (Phi) is 4.86. The number of nitrogens with zero attached hydrogens (tertiary/aromatic N) is 1. The molecule has 1 aliphatic heterocycles. The molecule has 1 saturated heterocycles. The van der Waals surface area contributed by atoms with Crippen LogP contribution in [0.1, 0.15) is 46.5 Å². The third-order valence-electron chi connectivity index (χ3n) is 3.10. The van der Waals surface area contributed by atoms with E-state index in [2.05, 4.69) is 25.7 Å². The number of hydrogen-bond donors (Lipinski definition) is 0. The summed E-state index contributed by atoms with van der Waals surface area (Å²) in [5.74, 6) is 0.461. The molecule has 0 aromatic rings. The maximum absolute atomic E-state index is 11.0. The van der Waals surface area contributed by atoms with Gasteiger partial charge in [-0.2, -0.15) is 0 Å². The number of carbonyl (C=O) groups is 1. The average molecular weight is 209 g/mol. The molecule has 0 N–H and O–H groups in total. The van der Waals surface area contributed by atoms with Crippen molar-refractivity contribution in [3.05, 3.63) is 11.3 Å². The van der Waals surface area contributed by atoms with Gasteiger partial charge in [-0.15, -0.1) is 0 Å². The Hall–Kier alpha value is -0.790. The van der Waals surface area contributed by atoms with Crippen LogP contribution in [0.25, 0.3) is 0 Å². The van der Waals surface area contributed by atoms with Crippen molar-refractivity contribution in [3.8, 4) is 0 Å². The van der Waals surface area contributed by atoms with Crippen molar-refractivity contribution in [1.82, 2.24) is 4.90 Å². The van der Waals surface area contributed by atoms with E-state index in [9.17, 15) is 4.79 Å². The van der Waals surface area contributed by atoms with Crippen LogP contribution in [0.5, 0.6) is 0 Å². The first-order chi connectivity index (χ1) is 7.20. The summed E-state index contributed by atoms with van der Waals surface area (Å²) in [4.78, 5) is 13.5. The van der Waals surface area contributed by atoms with Gasteiger partial charge in [-0.3, -0.25) is 4.79 Å². The normalized spacial score (nSPS) is 19.1. The van der Waals surface area contributed by atoms with E-state index in [1.807, 2.05) is 0 Å². The first-order valence-corrected chi connectivity index (χ1v) is 6.13. The quantitative estimate of drug-likeness (QED) is 0.524. The average Bonchev–Trinajstić information content (AvgIpc) is 2.26. The van der Waals surface area contributed by atoms with E-state index in [0.717, 1.165) is 31.4 Å². The summed E-state index contributed by atoms with van der Waals surface area (Å²) < 4.78 is 0.